The molecule has 0 amide bonds. The van der Waals surface area contributed by atoms with Crippen molar-refractivity contribution in [3.63, 3.8) is 0 Å². The minimum atomic E-state index is 0.0953. The summed E-state index contributed by atoms with van der Waals surface area (Å²) in [6, 6.07) is 14.2. The first-order valence-electron chi connectivity index (χ1n) is 6.30. The van der Waals surface area contributed by atoms with Crippen LogP contribution in [0.15, 0.2) is 51.4 Å². The molecule has 1 unspecified atom stereocenters. The molecule has 0 saturated heterocycles. The van der Waals surface area contributed by atoms with E-state index >= 15 is 0 Å². The van der Waals surface area contributed by atoms with Gasteiger partial charge in [0.25, 0.3) is 6.01 Å². The standard InChI is InChI=1S/C15H14BrN3O/c1-9(10-3-2-4-11(16)7-10)18-15-19-13-6-5-12(17)8-14(13)20-15/h2-9H,17H2,1H3,(H,18,19). The van der Waals surface area contributed by atoms with Crippen LogP contribution in [0.4, 0.5) is 11.7 Å². The quantitative estimate of drug-likeness (QED) is 0.700. The van der Waals surface area contributed by atoms with E-state index in [1.165, 1.54) is 0 Å². The van der Waals surface area contributed by atoms with Gasteiger partial charge < -0.3 is 15.5 Å². The Labute approximate surface area is 125 Å². The molecule has 20 heavy (non-hydrogen) atoms. The number of oxazole rings is 1. The number of nitrogens with zero attached hydrogens (tertiary/aromatic N) is 1. The van der Waals surface area contributed by atoms with E-state index in [1.54, 1.807) is 6.07 Å². The molecule has 0 spiro atoms. The number of hydrogen-bond donors (Lipinski definition) is 2. The summed E-state index contributed by atoms with van der Waals surface area (Å²) in [5.74, 6) is 0. The fourth-order valence-corrected chi connectivity index (χ4v) is 2.46. The lowest BCUT2D eigenvalue weighted by molar-refractivity contribution is 0.604. The second-order valence-electron chi connectivity index (χ2n) is 4.67. The van der Waals surface area contributed by atoms with Crippen molar-refractivity contribution >= 4 is 38.7 Å². The summed E-state index contributed by atoms with van der Waals surface area (Å²) in [6.07, 6.45) is 0. The monoisotopic (exact) mass is 331 g/mol. The highest BCUT2D eigenvalue weighted by Crippen LogP contribution is 2.25. The number of rotatable bonds is 3. The van der Waals surface area contributed by atoms with Crippen molar-refractivity contribution in [3.8, 4) is 0 Å². The third kappa shape index (κ3) is 2.63. The van der Waals surface area contributed by atoms with Crippen molar-refractivity contribution in [2.24, 2.45) is 0 Å². The summed E-state index contributed by atoms with van der Waals surface area (Å²) in [6.45, 7) is 2.06. The van der Waals surface area contributed by atoms with Crippen molar-refractivity contribution in [3.05, 3.63) is 52.5 Å². The Morgan fingerprint density at radius 2 is 2.10 bits per heavy atom. The lowest BCUT2D eigenvalue weighted by atomic mass is 10.1. The lowest BCUT2D eigenvalue weighted by Gasteiger charge is -2.12. The van der Waals surface area contributed by atoms with Gasteiger partial charge in [0.05, 0.1) is 6.04 Å². The number of aromatic nitrogens is 1. The van der Waals surface area contributed by atoms with E-state index in [0.717, 1.165) is 15.6 Å². The predicted molar refractivity (Wildman–Crippen MR) is 84.6 cm³/mol. The first-order valence-corrected chi connectivity index (χ1v) is 7.09. The molecule has 0 bridgehead atoms. The largest absolute Gasteiger partial charge is 0.423 e. The van der Waals surface area contributed by atoms with Crippen molar-refractivity contribution < 1.29 is 4.42 Å². The Balaban J connectivity index is 1.85. The molecule has 102 valence electrons. The van der Waals surface area contributed by atoms with E-state index in [-0.39, 0.29) is 6.04 Å². The lowest BCUT2D eigenvalue weighted by Crippen LogP contribution is -2.06. The summed E-state index contributed by atoms with van der Waals surface area (Å²) < 4.78 is 6.71. The zero-order valence-corrected chi connectivity index (χ0v) is 12.5. The van der Waals surface area contributed by atoms with E-state index in [1.807, 2.05) is 24.3 Å². The molecule has 1 atom stereocenters. The van der Waals surface area contributed by atoms with E-state index in [9.17, 15) is 0 Å². The van der Waals surface area contributed by atoms with Crippen molar-refractivity contribution in [1.29, 1.82) is 0 Å². The average molecular weight is 332 g/mol. The van der Waals surface area contributed by atoms with Crippen molar-refractivity contribution in [2.45, 2.75) is 13.0 Å². The number of benzene rings is 2. The number of hydrogen-bond acceptors (Lipinski definition) is 4. The summed E-state index contributed by atoms with van der Waals surface area (Å²) in [4.78, 5) is 4.40. The fraction of sp³-hybridized carbons (Fsp3) is 0.133. The number of nitrogen functional groups attached to an aromatic ring is 1. The van der Waals surface area contributed by atoms with Crippen LogP contribution >= 0.6 is 15.9 Å². The first-order chi connectivity index (χ1) is 9.61. The van der Waals surface area contributed by atoms with Crippen LogP contribution in [0.25, 0.3) is 11.1 Å². The molecule has 5 heteroatoms. The second-order valence-corrected chi connectivity index (χ2v) is 5.58. The topological polar surface area (TPSA) is 64.1 Å². The number of nitrogens with two attached hydrogens (primary N) is 1. The van der Waals surface area contributed by atoms with Crippen LogP contribution in [0.5, 0.6) is 0 Å². The molecule has 2 aromatic carbocycles. The highest BCUT2D eigenvalue weighted by molar-refractivity contribution is 9.10. The summed E-state index contributed by atoms with van der Waals surface area (Å²) in [5.41, 5.74) is 9.03. The van der Waals surface area contributed by atoms with E-state index in [2.05, 4.69) is 45.3 Å². The molecule has 1 heterocycles. The number of anilines is 2. The Hall–Kier alpha value is -2.01. The highest BCUT2D eigenvalue weighted by atomic mass is 79.9. The van der Waals surface area contributed by atoms with Crippen LogP contribution in [0.3, 0.4) is 0 Å². The zero-order valence-electron chi connectivity index (χ0n) is 10.9. The Kier molecular flexibility index (Phi) is 3.36. The van der Waals surface area contributed by atoms with Gasteiger partial charge in [0, 0.05) is 16.2 Å². The Bertz CT molecular complexity index is 754. The molecule has 0 aliphatic heterocycles. The molecule has 1 aromatic heterocycles. The van der Waals surface area contributed by atoms with Gasteiger partial charge in [-0.15, -0.1) is 0 Å². The molecule has 3 N–H and O–H groups in total. The van der Waals surface area contributed by atoms with Crippen LogP contribution in [0, 0.1) is 0 Å². The normalized spacial score (nSPS) is 12.5. The molecule has 0 aliphatic rings. The van der Waals surface area contributed by atoms with E-state index < -0.39 is 0 Å². The minimum absolute atomic E-state index is 0.0953. The predicted octanol–water partition coefficient (Wildman–Crippen LogP) is 4.35. The van der Waals surface area contributed by atoms with Gasteiger partial charge in [-0.05, 0) is 36.8 Å². The molecule has 3 rings (SSSR count). The van der Waals surface area contributed by atoms with Gasteiger partial charge in [-0.25, -0.2) is 0 Å². The summed E-state index contributed by atoms with van der Waals surface area (Å²) in [5, 5.41) is 3.25. The molecule has 3 aromatic rings. The van der Waals surface area contributed by atoms with Gasteiger partial charge in [0.2, 0.25) is 0 Å². The Morgan fingerprint density at radius 3 is 2.90 bits per heavy atom. The van der Waals surface area contributed by atoms with Gasteiger partial charge in [-0.2, -0.15) is 4.98 Å². The van der Waals surface area contributed by atoms with E-state index in [0.29, 0.717) is 17.3 Å². The third-order valence-electron chi connectivity index (χ3n) is 3.10. The second kappa shape index (κ2) is 5.17. The van der Waals surface area contributed by atoms with Gasteiger partial charge >= 0.3 is 0 Å². The Morgan fingerprint density at radius 1 is 1.25 bits per heavy atom. The molecule has 4 nitrogen and oxygen atoms in total. The molecule has 0 fully saturated rings. The van der Waals surface area contributed by atoms with Gasteiger partial charge in [-0.1, -0.05) is 28.1 Å². The number of fused-ring (bicyclic) bond motifs is 1. The number of nitrogens with one attached hydrogen (secondary N) is 1. The summed E-state index contributed by atoms with van der Waals surface area (Å²) >= 11 is 3.47. The SMILES string of the molecule is CC(Nc1nc2ccc(N)cc2o1)c1cccc(Br)c1. The minimum Gasteiger partial charge on any atom is -0.423 e. The third-order valence-corrected chi connectivity index (χ3v) is 3.59. The fourth-order valence-electron chi connectivity index (χ4n) is 2.05. The highest BCUT2D eigenvalue weighted by Gasteiger charge is 2.11. The molecule has 0 aliphatic carbocycles. The molecular weight excluding hydrogens is 318 g/mol. The smallest absolute Gasteiger partial charge is 0.296 e. The molecule has 0 saturated carbocycles. The zero-order chi connectivity index (χ0) is 14.1. The van der Waals surface area contributed by atoms with Crippen LogP contribution in [0.2, 0.25) is 0 Å². The van der Waals surface area contributed by atoms with Gasteiger partial charge in [0.15, 0.2) is 5.58 Å². The number of halogens is 1. The van der Waals surface area contributed by atoms with Crippen LogP contribution in [-0.4, -0.2) is 4.98 Å². The van der Waals surface area contributed by atoms with Crippen molar-refractivity contribution in [2.75, 3.05) is 11.1 Å². The maximum Gasteiger partial charge on any atom is 0.296 e. The molecule has 0 radical (unpaired) electrons. The van der Waals surface area contributed by atoms with E-state index in [4.69, 9.17) is 10.2 Å². The average Bonchev–Trinajstić information content (AvgIpc) is 2.80. The first kappa shape index (κ1) is 13.0. The van der Waals surface area contributed by atoms with Gasteiger partial charge in [0.1, 0.15) is 5.52 Å². The van der Waals surface area contributed by atoms with Crippen molar-refractivity contribution in [1.82, 2.24) is 4.98 Å². The van der Waals surface area contributed by atoms with Gasteiger partial charge in [-0.3, -0.25) is 0 Å². The summed E-state index contributed by atoms with van der Waals surface area (Å²) in [7, 11) is 0. The van der Waals surface area contributed by atoms with Crippen LogP contribution < -0.4 is 11.1 Å². The van der Waals surface area contributed by atoms with Crippen LogP contribution in [-0.2, 0) is 0 Å². The molecular formula is C15H14BrN3O. The maximum absolute atomic E-state index is 5.73. The van der Waals surface area contributed by atoms with Crippen LogP contribution in [0.1, 0.15) is 18.5 Å². The maximum atomic E-state index is 5.73.